The van der Waals surface area contributed by atoms with Crippen LogP contribution in [-0.2, 0) is 9.53 Å². The van der Waals surface area contributed by atoms with E-state index in [0.29, 0.717) is 5.92 Å². The van der Waals surface area contributed by atoms with Gasteiger partial charge in [0.2, 0.25) is 5.91 Å². The van der Waals surface area contributed by atoms with E-state index in [-0.39, 0.29) is 23.1 Å². The second kappa shape index (κ2) is 10.8. The average Bonchev–Trinajstić information content (AvgIpc) is 3.00. The molecule has 7 nitrogen and oxygen atoms in total. The van der Waals surface area contributed by atoms with Crippen molar-refractivity contribution in [2.24, 2.45) is 11.8 Å². The molecule has 170 valence electrons. The van der Waals surface area contributed by atoms with Gasteiger partial charge in [0.15, 0.2) is 0 Å². The fourth-order valence-corrected chi connectivity index (χ4v) is 5.52. The maximum atomic E-state index is 13.1. The van der Waals surface area contributed by atoms with E-state index >= 15 is 0 Å². The molecule has 29 heavy (non-hydrogen) atoms. The Hall–Kier alpha value is -0.380. The van der Waals surface area contributed by atoms with Crippen LogP contribution in [0, 0.1) is 11.8 Å². The highest BCUT2D eigenvalue weighted by Gasteiger charge is 2.48. The highest BCUT2D eigenvalue weighted by molar-refractivity contribution is 8.00. The summed E-state index contributed by atoms with van der Waals surface area (Å²) in [5, 5.41) is 34.6. The zero-order valence-corrected chi connectivity index (χ0v) is 19.4. The van der Waals surface area contributed by atoms with Crippen LogP contribution in [0.15, 0.2) is 0 Å². The molecule has 2 heterocycles. The summed E-state index contributed by atoms with van der Waals surface area (Å²) >= 11 is 1.41. The number of aliphatic hydroxyl groups excluding tert-OH is 3. The molecular weight excluding hydrogens is 392 g/mol. The largest absolute Gasteiger partial charge is 0.388 e. The predicted octanol–water partition coefficient (Wildman–Crippen LogP) is 1.20. The molecule has 0 aromatic rings. The van der Waals surface area contributed by atoms with Crippen molar-refractivity contribution in [1.29, 1.82) is 0 Å². The van der Waals surface area contributed by atoms with E-state index in [1.165, 1.54) is 11.8 Å². The SMILES string of the molecule is CCCC1CC(C(=O)NC(C(C)C)C2OC(SC(C)C)C(O)C(O)C2O)N(C)C1. The molecular formula is C21H40N2O5S. The molecule has 0 spiro atoms. The van der Waals surface area contributed by atoms with Gasteiger partial charge in [-0.2, -0.15) is 0 Å². The molecule has 2 aliphatic rings. The number of thioether (sulfide) groups is 1. The Morgan fingerprint density at radius 3 is 2.38 bits per heavy atom. The second-order valence-corrected chi connectivity index (χ2v) is 10.9. The van der Waals surface area contributed by atoms with E-state index in [1.807, 2.05) is 34.7 Å². The second-order valence-electron chi connectivity index (χ2n) is 9.25. The lowest BCUT2D eigenvalue weighted by molar-refractivity contribution is -0.208. The third kappa shape index (κ3) is 6.08. The van der Waals surface area contributed by atoms with Crippen molar-refractivity contribution in [3.05, 3.63) is 0 Å². The average molecular weight is 433 g/mol. The molecule has 4 N–H and O–H groups in total. The van der Waals surface area contributed by atoms with Crippen LogP contribution in [0.5, 0.6) is 0 Å². The third-order valence-electron chi connectivity index (χ3n) is 6.03. The smallest absolute Gasteiger partial charge is 0.237 e. The number of nitrogens with one attached hydrogen (secondary N) is 1. The van der Waals surface area contributed by atoms with Gasteiger partial charge in [-0.15, -0.1) is 11.8 Å². The van der Waals surface area contributed by atoms with E-state index in [0.717, 1.165) is 25.8 Å². The minimum absolute atomic E-state index is 0.0103. The van der Waals surface area contributed by atoms with Crippen LogP contribution in [0.4, 0.5) is 0 Å². The maximum absolute atomic E-state index is 13.1. The Balaban J connectivity index is 2.12. The number of amides is 1. The lowest BCUT2D eigenvalue weighted by Crippen LogP contribution is -2.64. The Bertz CT molecular complexity index is 535. The topological polar surface area (TPSA) is 102 Å². The molecule has 8 unspecified atom stereocenters. The van der Waals surface area contributed by atoms with E-state index in [1.54, 1.807) is 0 Å². The quantitative estimate of drug-likeness (QED) is 0.457. The van der Waals surface area contributed by atoms with Crippen molar-refractivity contribution in [2.75, 3.05) is 13.6 Å². The number of hydrogen-bond acceptors (Lipinski definition) is 7. The zero-order valence-electron chi connectivity index (χ0n) is 18.6. The van der Waals surface area contributed by atoms with Gasteiger partial charge >= 0.3 is 0 Å². The number of carbonyl (C=O) groups is 1. The molecule has 0 bridgehead atoms. The van der Waals surface area contributed by atoms with E-state index in [2.05, 4.69) is 17.1 Å². The Labute approximate surface area is 179 Å². The van der Waals surface area contributed by atoms with Gasteiger partial charge in [-0.05, 0) is 31.7 Å². The molecule has 0 aromatic carbocycles. The van der Waals surface area contributed by atoms with Crippen molar-refractivity contribution in [1.82, 2.24) is 10.2 Å². The molecule has 2 aliphatic heterocycles. The minimum atomic E-state index is -1.31. The normalized spacial score (nSPS) is 37.3. The van der Waals surface area contributed by atoms with Crippen LogP contribution in [0.1, 0.15) is 53.9 Å². The van der Waals surface area contributed by atoms with Crippen molar-refractivity contribution >= 4 is 17.7 Å². The fourth-order valence-electron chi connectivity index (χ4n) is 4.47. The number of aliphatic hydroxyl groups is 3. The number of ether oxygens (including phenoxy) is 1. The van der Waals surface area contributed by atoms with Crippen LogP contribution in [0.2, 0.25) is 0 Å². The maximum Gasteiger partial charge on any atom is 0.237 e. The van der Waals surface area contributed by atoms with E-state index in [9.17, 15) is 20.1 Å². The molecule has 2 fully saturated rings. The van der Waals surface area contributed by atoms with Crippen molar-refractivity contribution in [3.8, 4) is 0 Å². The summed E-state index contributed by atoms with van der Waals surface area (Å²) in [4.78, 5) is 15.2. The van der Waals surface area contributed by atoms with Crippen molar-refractivity contribution < 1.29 is 24.9 Å². The summed E-state index contributed by atoms with van der Waals surface area (Å²) in [5.74, 6) is 0.455. The number of carbonyl (C=O) groups excluding carboxylic acids is 1. The monoisotopic (exact) mass is 432 g/mol. The number of likely N-dealkylation sites (tertiary alicyclic amines) is 1. The first kappa shape index (κ1) is 24.9. The fraction of sp³-hybridized carbons (Fsp3) is 0.952. The first-order valence-corrected chi connectivity index (χ1v) is 11.9. The number of rotatable bonds is 8. The summed E-state index contributed by atoms with van der Waals surface area (Å²) in [6.45, 7) is 11.0. The molecule has 8 atom stereocenters. The van der Waals surface area contributed by atoms with Gasteiger partial charge in [0.25, 0.3) is 0 Å². The van der Waals surface area contributed by atoms with Gasteiger partial charge < -0.3 is 25.4 Å². The lowest BCUT2D eigenvalue weighted by atomic mass is 9.88. The first-order chi connectivity index (χ1) is 13.6. The molecule has 0 radical (unpaired) electrons. The summed E-state index contributed by atoms with van der Waals surface area (Å²) in [6, 6.07) is -0.654. The third-order valence-corrected chi connectivity index (χ3v) is 7.23. The molecule has 0 saturated carbocycles. The standard InChI is InChI=1S/C21H40N2O5S/c1-7-8-13-9-14(23(6)10-13)20(27)22-15(11(2)3)19-17(25)16(24)18(26)21(28-19)29-12(4)5/h11-19,21,24-26H,7-10H2,1-6H3,(H,22,27). The first-order valence-electron chi connectivity index (χ1n) is 10.9. The Morgan fingerprint density at radius 2 is 1.83 bits per heavy atom. The van der Waals surface area contributed by atoms with Crippen LogP contribution in [0.3, 0.4) is 0 Å². The van der Waals surface area contributed by atoms with E-state index in [4.69, 9.17) is 4.74 Å². The van der Waals surface area contributed by atoms with Gasteiger partial charge in [-0.1, -0.05) is 41.0 Å². The number of hydrogen-bond donors (Lipinski definition) is 4. The lowest BCUT2D eigenvalue weighted by Gasteiger charge is -2.45. The molecule has 0 aliphatic carbocycles. The highest BCUT2D eigenvalue weighted by Crippen LogP contribution is 2.33. The Morgan fingerprint density at radius 1 is 1.17 bits per heavy atom. The zero-order chi connectivity index (χ0) is 21.9. The predicted molar refractivity (Wildman–Crippen MR) is 116 cm³/mol. The summed E-state index contributed by atoms with van der Waals surface area (Å²) < 4.78 is 6.04. The Kier molecular flexibility index (Phi) is 9.25. The molecule has 2 rings (SSSR count). The number of nitrogens with zero attached hydrogens (tertiary/aromatic N) is 1. The van der Waals surface area contributed by atoms with Gasteiger partial charge in [0.1, 0.15) is 29.9 Å². The van der Waals surface area contributed by atoms with Crippen LogP contribution >= 0.6 is 11.8 Å². The molecule has 2 saturated heterocycles. The van der Waals surface area contributed by atoms with Crippen LogP contribution < -0.4 is 5.32 Å². The number of likely N-dealkylation sites (N-methyl/N-ethyl adjacent to an activating group) is 1. The van der Waals surface area contributed by atoms with Crippen molar-refractivity contribution in [2.45, 2.75) is 101 Å². The van der Waals surface area contributed by atoms with Gasteiger partial charge in [0, 0.05) is 11.8 Å². The summed E-state index contributed by atoms with van der Waals surface area (Å²) in [5.41, 5.74) is -0.653. The highest BCUT2D eigenvalue weighted by atomic mass is 32.2. The summed E-state index contributed by atoms with van der Waals surface area (Å²) in [6.07, 6.45) is -1.48. The van der Waals surface area contributed by atoms with Crippen molar-refractivity contribution in [3.63, 3.8) is 0 Å². The van der Waals surface area contributed by atoms with Crippen LogP contribution in [0.25, 0.3) is 0 Å². The van der Waals surface area contributed by atoms with Crippen LogP contribution in [-0.4, -0.2) is 86.9 Å². The minimum Gasteiger partial charge on any atom is -0.388 e. The molecule has 8 heteroatoms. The van der Waals surface area contributed by atoms with Gasteiger partial charge in [-0.25, -0.2) is 0 Å². The summed E-state index contributed by atoms with van der Waals surface area (Å²) in [7, 11) is 1.98. The molecule has 1 amide bonds. The van der Waals surface area contributed by atoms with Gasteiger partial charge in [0.05, 0.1) is 12.1 Å². The molecule has 0 aromatic heterocycles. The van der Waals surface area contributed by atoms with E-state index < -0.39 is 35.9 Å². The van der Waals surface area contributed by atoms with Gasteiger partial charge in [-0.3, -0.25) is 9.69 Å².